The molecule has 0 saturated carbocycles. The maximum absolute atomic E-state index is 14.0. The normalized spacial score (nSPS) is 21.4. The van der Waals surface area contributed by atoms with Gasteiger partial charge in [0.15, 0.2) is 0 Å². The molecule has 1 saturated heterocycles. The van der Waals surface area contributed by atoms with E-state index in [9.17, 15) is 18.8 Å². The zero-order valence-electron chi connectivity index (χ0n) is 12.7. The van der Waals surface area contributed by atoms with E-state index in [0.717, 1.165) is 4.90 Å². The summed E-state index contributed by atoms with van der Waals surface area (Å²) in [5, 5.41) is 11.6. The van der Waals surface area contributed by atoms with Crippen LogP contribution in [0.25, 0.3) is 0 Å². The monoisotopic (exact) mass is 376 g/mol. The average Bonchev–Trinajstić information content (AvgIpc) is 2.93. The highest BCUT2D eigenvalue weighted by Crippen LogP contribution is 2.27. The summed E-state index contributed by atoms with van der Waals surface area (Å²) < 4.78 is 14.0. The molecule has 2 unspecified atom stereocenters. The Kier molecular flexibility index (Phi) is 5.35. The molecule has 130 valence electrons. The van der Waals surface area contributed by atoms with Crippen molar-refractivity contribution in [1.82, 2.24) is 10.2 Å². The van der Waals surface area contributed by atoms with Gasteiger partial charge in [-0.15, -0.1) is 0 Å². The van der Waals surface area contributed by atoms with Crippen LogP contribution in [-0.2, 0) is 9.59 Å². The Bertz CT molecular complexity index is 700. The Hall–Kier alpha value is -1.86. The van der Waals surface area contributed by atoms with Gasteiger partial charge in [0.1, 0.15) is 6.04 Å². The summed E-state index contributed by atoms with van der Waals surface area (Å²) in [7, 11) is 0. The van der Waals surface area contributed by atoms with E-state index in [-0.39, 0.29) is 28.6 Å². The van der Waals surface area contributed by atoms with Crippen molar-refractivity contribution in [3.63, 3.8) is 0 Å². The highest BCUT2D eigenvalue weighted by molar-refractivity contribution is 6.43. The van der Waals surface area contributed by atoms with Gasteiger partial charge in [0.25, 0.3) is 5.91 Å². The van der Waals surface area contributed by atoms with Crippen LogP contribution in [0.3, 0.4) is 0 Å². The second-order valence-electron chi connectivity index (χ2n) is 5.58. The van der Waals surface area contributed by atoms with Gasteiger partial charge in [0, 0.05) is 13.0 Å². The van der Waals surface area contributed by atoms with Crippen molar-refractivity contribution in [3.8, 4) is 0 Å². The molecule has 0 bridgehead atoms. The third-order valence-electron chi connectivity index (χ3n) is 3.83. The number of halogens is 3. The molecule has 2 rings (SSSR count). The lowest BCUT2D eigenvalue weighted by atomic mass is 10.1. The Labute approximate surface area is 147 Å². The minimum Gasteiger partial charge on any atom is -0.479 e. The van der Waals surface area contributed by atoms with Crippen LogP contribution in [-0.4, -0.2) is 52.6 Å². The molecule has 0 aliphatic carbocycles. The van der Waals surface area contributed by atoms with Crippen LogP contribution in [0.2, 0.25) is 10.0 Å². The van der Waals surface area contributed by atoms with Gasteiger partial charge in [-0.1, -0.05) is 29.3 Å². The Morgan fingerprint density at radius 2 is 2.04 bits per heavy atom. The molecule has 1 aromatic carbocycles. The van der Waals surface area contributed by atoms with Crippen LogP contribution in [0, 0.1) is 0 Å². The summed E-state index contributed by atoms with van der Waals surface area (Å²) in [5.74, 6) is -2.77. The fourth-order valence-corrected chi connectivity index (χ4v) is 2.81. The van der Waals surface area contributed by atoms with E-state index in [1.807, 2.05) is 0 Å². The molecular weight excluding hydrogens is 362 g/mol. The molecule has 2 N–H and O–H groups in total. The minimum absolute atomic E-state index is 0.0280. The van der Waals surface area contributed by atoms with Crippen LogP contribution in [0.5, 0.6) is 0 Å². The zero-order chi connectivity index (χ0) is 18.1. The van der Waals surface area contributed by atoms with Gasteiger partial charge in [0.05, 0.1) is 22.2 Å². The van der Waals surface area contributed by atoms with Gasteiger partial charge in [-0.3, -0.25) is 9.59 Å². The van der Waals surface area contributed by atoms with Crippen molar-refractivity contribution >= 4 is 41.0 Å². The Balaban J connectivity index is 2.03. The van der Waals surface area contributed by atoms with E-state index in [1.165, 1.54) is 19.1 Å². The number of rotatable bonds is 4. The number of hydrogen-bond donors (Lipinski definition) is 2. The molecule has 1 aromatic rings. The number of alkyl halides is 1. The van der Waals surface area contributed by atoms with Gasteiger partial charge in [-0.2, -0.15) is 0 Å². The Morgan fingerprint density at radius 3 is 2.62 bits per heavy atom. The first-order valence-electron chi connectivity index (χ1n) is 7.11. The summed E-state index contributed by atoms with van der Waals surface area (Å²) in [6, 6.07) is 3.55. The molecule has 1 fully saturated rings. The number of amides is 2. The SMILES string of the molecule is CC(NC(=O)c1cccc(Cl)c1Cl)C(=O)N1CCC(F)(C(=O)O)C1. The minimum atomic E-state index is -2.45. The molecule has 0 spiro atoms. The van der Waals surface area contributed by atoms with Gasteiger partial charge in [0.2, 0.25) is 11.6 Å². The van der Waals surface area contributed by atoms with Gasteiger partial charge in [-0.05, 0) is 19.1 Å². The molecule has 0 aromatic heterocycles. The van der Waals surface area contributed by atoms with E-state index in [1.54, 1.807) is 6.07 Å². The largest absolute Gasteiger partial charge is 0.479 e. The summed E-state index contributed by atoms with van der Waals surface area (Å²) in [5.41, 5.74) is -2.34. The predicted molar refractivity (Wildman–Crippen MR) is 86.1 cm³/mol. The average molecular weight is 377 g/mol. The maximum atomic E-state index is 14.0. The first kappa shape index (κ1) is 18.5. The van der Waals surface area contributed by atoms with Crippen LogP contribution in [0.4, 0.5) is 4.39 Å². The summed E-state index contributed by atoms with van der Waals surface area (Å²) in [6.45, 7) is 0.858. The zero-order valence-corrected chi connectivity index (χ0v) is 14.2. The smallest absolute Gasteiger partial charge is 0.343 e. The van der Waals surface area contributed by atoms with Crippen molar-refractivity contribution in [2.45, 2.75) is 25.1 Å². The molecular formula is C15H15Cl2FN2O4. The van der Waals surface area contributed by atoms with Crippen molar-refractivity contribution in [2.75, 3.05) is 13.1 Å². The number of likely N-dealkylation sites (tertiary alicyclic amines) is 1. The van der Waals surface area contributed by atoms with Crippen LogP contribution in [0.1, 0.15) is 23.7 Å². The number of aliphatic carboxylic acids is 1. The standard InChI is InChI=1S/C15H15Cl2FN2O4/c1-8(13(22)20-6-5-15(18,7-20)14(23)24)19-12(21)9-3-2-4-10(16)11(9)17/h2-4,8H,5-7H2,1H3,(H,19,21)(H,23,24). The van der Waals surface area contributed by atoms with Gasteiger partial charge < -0.3 is 15.3 Å². The summed E-state index contributed by atoms with van der Waals surface area (Å²) >= 11 is 11.8. The first-order valence-corrected chi connectivity index (χ1v) is 7.87. The van der Waals surface area contributed by atoms with Gasteiger partial charge in [-0.25, -0.2) is 9.18 Å². The van der Waals surface area contributed by atoms with Crippen molar-refractivity contribution in [2.24, 2.45) is 0 Å². The third-order valence-corrected chi connectivity index (χ3v) is 4.65. The quantitative estimate of drug-likeness (QED) is 0.842. The lowest BCUT2D eigenvalue weighted by molar-refractivity contribution is -0.150. The highest BCUT2D eigenvalue weighted by atomic mass is 35.5. The highest BCUT2D eigenvalue weighted by Gasteiger charge is 2.47. The second kappa shape index (κ2) is 6.94. The number of nitrogens with zero attached hydrogens (tertiary/aromatic N) is 1. The van der Waals surface area contributed by atoms with E-state index in [0.29, 0.717) is 0 Å². The van der Waals surface area contributed by atoms with Crippen molar-refractivity contribution < 1.29 is 23.9 Å². The van der Waals surface area contributed by atoms with E-state index < -0.39 is 36.0 Å². The lowest BCUT2D eigenvalue weighted by Crippen LogP contribution is -2.48. The molecule has 1 heterocycles. The number of carbonyl (C=O) groups is 3. The summed E-state index contributed by atoms with van der Waals surface area (Å²) in [4.78, 5) is 36.4. The topological polar surface area (TPSA) is 86.7 Å². The maximum Gasteiger partial charge on any atom is 0.343 e. The molecule has 2 atom stereocenters. The van der Waals surface area contributed by atoms with Crippen molar-refractivity contribution in [3.05, 3.63) is 33.8 Å². The lowest BCUT2D eigenvalue weighted by Gasteiger charge is -2.22. The number of carboxylic acid groups (broad SMARTS) is 1. The third kappa shape index (κ3) is 3.62. The molecule has 9 heteroatoms. The van der Waals surface area contributed by atoms with Crippen LogP contribution in [0.15, 0.2) is 18.2 Å². The van der Waals surface area contributed by atoms with Crippen molar-refractivity contribution in [1.29, 1.82) is 0 Å². The number of hydrogen-bond acceptors (Lipinski definition) is 3. The fourth-order valence-electron chi connectivity index (χ4n) is 2.42. The number of benzene rings is 1. The van der Waals surface area contributed by atoms with Crippen LogP contribution >= 0.6 is 23.2 Å². The second-order valence-corrected chi connectivity index (χ2v) is 6.36. The fraction of sp³-hybridized carbons (Fsp3) is 0.400. The van der Waals surface area contributed by atoms with E-state index >= 15 is 0 Å². The number of nitrogens with one attached hydrogen (secondary N) is 1. The van der Waals surface area contributed by atoms with Crippen LogP contribution < -0.4 is 5.32 Å². The van der Waals surface area contributed by atoms with Gasteiger partial charge >= 0.3 is 5.97 Å². The number of carboxylic acids is 1. The summed E-state index contributed by atoms with van der Waals surface area (Å²) in [6.07, 6.45) is -0.283. The predicted octanol–water partition coefficient (Wildman–Crippen LogP) is 2.14. The number of carbonyl (C=O) groups excluding carboxylic acids is 2. The van der Waals surface area contributed by atoms with E-state index in [2.05, 4.69) is 5.32 Å². The Morgan fingerprint density at radius 1 is 1.38 bits per heavy atom. The molecule has 6 nitrogen and oxygen atoms in total. The molecule has 2 amide bonds. The molecule has 24 heavy (non-hydrogen) atoms. The molecule has 0 radical (unpaired) electrons. The molecule has 1 aliphatic rings. The first-order chi connectivity index (χ1) is 11.2. The molecule has 1 aliphatic heterocycles. The van der Waals surface area contributed by atoms with E-state index in [4.69, 9.17) is 28.3 Å².